The van der Waals surface area contributed by atoms with Crippen molar-refractivity contribution in [1.29, 1.82) is 0 Å². The summed E-state index contributed by atoms with van der Waals surface area (Å²) in [7, 11) is 0. The van der Waals surface area contributed by atoms with Crippen molar-refractivity contribution in [3.8, 4) is 0 Å². The van der Waals surface area contributed by atoms with Crippen LogP contribution in [0.4, 0.5) is 5.69 Å². The summed E-state index contributed by atoms with van der Waals surface area (Å²) in [5.74, 6) is 0. The number of rotatable bonds is 5. The number of nitrogens with zero attached hydrogens (tertiary/aromatic N) is 4. The number of hydrogen-bond acceptors (Lipinski definition) is 3. The highest BCUT2D eigenvalue weighted by Gasteiger charge is 2.08. The van der Waals surface area contributed by atoms with E-state index in [1.165, 1.54) is 5.56 Å². The number of aryl methyl sites for hydroxylation is 3. The van der Waals surface area contributed by atoms with Crippen LogP contribution in [0.5, 0.6) is 0 Å². The van der Waals surface area contributed by atoms with E-state index in [9.17, 15) is 0 Å². The lowest BCUT2D eigenvalue weighted by Crippen LogP contribution is -2.01. The SMILES string of the molecule is CCn1cc(CNc2cn(C(C)C)nc2C)c(C)n1. The molecule has 0 atom stereocenters. The summed E-state index contributed by atoms with van der Waals surface area (Å²) >= 11 is 0. The first kappa shape index (κ1) is 13.6. The molecule has 0 bridgehead atoms. The predicted molar refractivity (Wildman–Crippen MR) is 77.3 cm³/mol. The number of aromatic nitrogens is 4. The third kappa shape index (κ3) is 2.97. The van der Waals surface area contributed by atoms with Gasteiger partial charge in [0.1, 0.15) is 0 Å². The van der Waals surface area contributed by atoms with Gasteiger partial charge >= 0.3 is 0 Å². The van der Waals surface area contributed by atoms with Crippen molar-refractivity contribution in [2.24, 2.45) is 0 Å². The summed E-state index contributed by atoms with van der Waals surface area (Å²) in [5.41, 5.74) is 4.45. The first-order valence-electron chi connectivity index (χ1n) is 6.83. The molecule has 0 radical (unpaired) electrons. The molecule has 19 heavy (non-hydrogen) atoms. The second-order valence-corrected chi connectivity index (χ2v) is 5.15. The zero-order chi connectivity index (χ0) is 14.0. The van der Waals surface area contributed by atoms with Crippen molar-refractivity contribution < 1.29 is 0 Å². The van der Waals surface area contributed by atoms with Gasteiger partial charge < -0.3 is 5.32 Å². The maximum atomic E-state index is 4.50. The van der Waals surface area contributed by atoms with E-state index in [1.807, 2.05) is 23.2 Å². The topological polar surface area (TPSA) is 47.7 Å². The molecule has 5 nitrogen and oxygen atoms in total. The Morgan fingerprint density at radius 3 is 2.42 bits per heavy atom. The monoisotopic (exact) mass is 261 g/mol. The maximum absolute atomic E-state index is 4.50. The smallest absolute Gasteiger partial charge is 0.0825 e. The largest absolute Gasteiger partial charge is 0.378 e. The second-order valence-electron chi connectivity index (χ2n) is 5.15. The Morgan fingerprint density at radius 1 is 1.16 bits per heavy atom. The van der Waals surface area contributed by atoms with E-state index >= 15 is 0 Å². The van der Waals surface area contributed by atoms with Crippen LogP contribution in [0.25, 0.3) is 0 Å². The molecule has 0 saturated heterocycles. The van der Waals surface area contributed by atoms with Crippen molar-refractivity contribution in [2.75, 3.05) is 5.32 Å². The average Bonchev–Trinajstić information content (AvgIpc) is 2.90. The van der Waals surface area contributed by atoms with Crippen LogP contribution in [0, 0.1) is 13.8 Å². The first-order chi connectivity index (χ1) is 9.01. The molecule has 0 unspecified atom stereocenters. The summed E-state index contributed by atoms with van der Waals surface area (Å²) in [4.78, 5) is 0. The van der Waals surface area contributed by atoms with Gasteiger partial charge in [-0.25, -0.2) is 0 Å². The minimum Gasteiger partial charge on any atom is -0.378 e. The molecule has 104 valence electrons. The first-order valence-corrected chi connectivity index (χ1v) is 6.83. The van der Waals surface area contributed by atoms with E-state index in [1.54, 1.807) is 0 Å². The van der Waals surface area contributed by atoms with E-state index in [-0.39, 0.29) is 0 Å². The van der Waals surface area contributed by atoms with Crippen LogP contribution in [0.2, 0.25) is 0 Å². The van der Waals surface area contributed by atoms with Gasteiger partial charge in [-0.3, -0.25) is 9.36 Å². The fourth-order valence-electron chi connectivity index (χ4n) is 2.00. The molecule has 2 aromatic rings. The molecule has 2 aromatic heterocycles. The van der Waals surface area contributed by atoms with Crippen LogP contribution in [0.1, 0.15) is 43.8 Å². The Bertz CT molecular complexity index is 550. The quantitative estimate of drug-likeness (QED) is 0.900. The fraction of sp³-hybridized carbons (Fsp3) is 0.571. The number of nitrogens with one attached hydrogen (secondary N) is 1. The highest BCUT2D eigenvalue weighted by molar-refractivity contribution is 5.46. The van der Waals surface area contributed by atoms with Gasteiger partial charge in [0, 0.05) is 37.1 Å². The van der Waals surface area contributed by atoms with Crippen LogP contribution in [-0.4, -0.2) is 19.6 Å². The van der Waals surface area contributed by atoms with Gasteiger partial charge in [0.05, 0.1) is 17.1 Å². The third-order valence-corrected chi connectivity index (χ3v) is 3.29. The van der Waals surface area contributed by atoms with Gasteiger partial charge in [-0.05, 0) is 34.6 Å². The number of hydrogen-bond donors (Lipinski definition) is 1. The Balaban J connectivity index is 2.07. The Labute approximate surface area is 114 Å². The zero-order valence-electron chi connectivity index (χ0n) is 12.4. The van der Waals surface area contributed by atoms with E-state index in [2.05, 4.69) is 48.7 Å². The standard InChI is InChI=1S/C14H23N5/c1-6-18-8-13(11(4)16-18)7-15-14-9-19(10(2)3)17-12(14)5/h8-10,15H,6-7H2,1-5H3. The molecule has 0 aliphatic rings. The van der Waals surface area contributed by atoms with Crippen molar-refractivity contribution in [1.82, 2.24) is 19.6 Å². The molecule has 2 heterocycles. The molecule has 1 N–H and O–H groups in total. The molecule has 0 aromatic carbocycles. The summed E-state index contributed by atoms with van der Waals surface area (Å²) in [6.07, 6.45) is 4.17. The van der Waals surface area contributed by atoms with Crippen molar-refractivity contribution in [2.45, 2.75) is 53.8 Å². The fourth-order valence-corrected chi connectivity index (χ4v) is 2.00. The summed E-state index contributed by atoms with van der Waals surface area (Å²) in [6, 6.07) is 0.388. The van der Waals surface area contributed by atoms with Crippen molar-refractivity contribution in [3.05, 3.63) is 29.3 Å². The highest BCUT2D eigenvalue weighted by atomic mass is 15.3. The minimum absolute atomic E-state index is 0.388. The third-order valence-electron chi connectivity index (χ3n) is 3.29. The van der Waals surface area contributed by atoms with Gasteiger partial charge in [0.25, 0.3) is 0 Å². The Morgan fingerprint density at radius 2 is 1.89 bits per heavy atom. The van der Waals surface area contributed by atoms with Crippen LogP contribution < -0.4 is 5.32 Å². The summed E-state index contributed by atoms with van der Waals surface area (Å²) in [6.45, 7) is 12.1. The lowest BCUT2D eigenvalue weighted by atomic mass is 10.2. The zero-order valence-corrected chi connectivity index (χ0v) is 12.4. The molecule has 0 aliphatic heterocycles. The van der Waals surface area contributed by atoms with Gasteiger partial charge in [0.2, 0.25) is 0 Å². The van der Waals surface area contributed by atoms with E-state index in [0.717, 1.165) is 30.2 Å². The normalized spacial score (nSPS) is 11.3. The lowest BCUT2D eigenvalue weighted by Gasteiger charge is -2.04. The molecular formula is C14H23N5. The van der Waals surface area contributed by atoms with Crippen LogP contribution in [-0.2, 0) is 13.1 Å². The van der Waals surface area contributed by atoms with Crippen LogP contribution in [0.3, 0.4) is 0 Å². The van der Waals surface area contributed by atoms with Crippen molar-refractivity contribution in [3.63, 3.8) is 0 Å². The molecule has 0 aliphatic carbocycles. The summed E-state index contributed by atoms with van der Waals surface area (Å²) in [5, 5.41) is 12.4. The summed E-state index contributed by atoms with van der Waals surface area (Å²) < 4.78 is 3.96. The van der Waals surface area contributed by atoms with Gasteiger partial charge in [-0.15, -0.1) is 0 Å². The predicted octanol–water partition coefficient (Wildman–Crippen LogP) is 2.91. The van der Waals surface area contributed by atoms with E-state index in [0.29, 0.717) is 6.04 Å². The Hall–Kier alpha value is -1.78. The molecule has 0 spiro atoms. The van der Waals surface area contributed by atoms with Crippen molar-refractivity contribution >= 4 is 5.69 Å². The highest BCUT2D eigenvalue weighted by Crippen LogP contribution is 2.17. The molecule has 0 saturated carbocycles. The lowest BCUT2D eigenvalue weighted by molar-refractivity contribution is 0.529. The van der Waals surface area contributed by atoms with E-state index in [4.69, 9.17) is 0 Å². The Kier molecular flexibility index (Phi) is 3.93. The number of anilines is 1. The van der Waals surface area contributed by atoms with Gasteiger partial charge in [0.15, 0.2) is 0 Å². The molecule has 0 amide bonds. The average molecular weight is 261 g/mol. The van der Waals surface area contributed by atoms with Gasteiger partial charge in [-0.1, -0.05) is 0 Å². The van der Waals surface area contributed by atoms with Crippen LogP contribution >= 0.6 is 0 Å². The van der Waals surface area contributed by atoms with E-state index < -0.39 is 0 Å². The molecule has 0 fully saturated rings. The second kappa shape index (κ2) is 5.47. The van der Waals surface area contributed by atoms with Crippen LogP contribution in [0.15, 0.2) is 12.4 Å². The molecule has 5 heteroatoms. The van der Waals surface area contributed by atoms with Gasteiger partial charge in [-0.2, -0.15) is 10.2 Å². The molecule has 2 rings (SSSR count). The maximum Gasteiger partial charge on any atom is 0.0825 e. The molecular weight excluding hydrogens is 238 g/mol. The minimum atomic E-state index is 0.388.